The molecular weight excluding hydrogens is 337 g/mol. The summed E-state index contributed by atoms with van der Waals surface area (Å²) < 4.78 is 39.3. The summed E-state index contributed by atoms with van der Waals surface area (Å²) in [6, 6.07) is 3.33. The molecule has 0 heterocycles. The lowest BCUT2D eigenvalue weighted by molar-refractivity contribution is 0.152. The Labute approximate surface area is 121 Å². The van der Waals surface area contributed by atoms with Gasteiger partial charge in [-0.05, 0) is 46.5 Å². The molecule has 7 heteroatoms. The fraction of sp³-hybridized carbons (Fsp3) is 0.500. The fourth-order valence-electron chi connectivity index (χ4n) is 1.60. The average Bonchev–Trinajstić information content (AvgIpc) is 2.25. The Morgan fingerprint density at radius 1 is 1.42 bits per heavy atom. The summed E-state index contributed by atoms with van der Waals surface area (Å²) in [5.74, 6) is -0.247. The molecule has 1 rings (SSSR count). The molecule has 4 nitrogen and oxygen atoms in total. The highest BCUT2D eigenvalue weighted by molar-refractivity contribution is 9.10. The van der Waals surface area contributed by atoms with E-state index in [4.69, 9.17) is 0 Å². The molecule has 1 unspecified atom stereocenters. The van der Waals surface area contributed by atoms with Gasteiger partial charge in [-0.15, -0.1) is 0 Å². The lowest BCUT2D eigenvalue weighted by Gasteiger charge is -2.14. The highest BCUT2D eigenvalue weighted by atomic mass is 79.9. The monoisotopic (exact) mass is 353 g/mol. The van der Waals surface area contributed by atoms with Crippen LogP contribution in [0.1, 0.15) is 20.3 Å². The topological polar surface area (TPSA) is 66.4 Å². The molecule has 0 saturated heterocycles. The molecule has 0 saturated carbocycles. The van der Waals surface area contributed by atoms with Crippen LogP contribution in [0.4, 0.5) is 4.39 Å². The van der Waals surface area contributed by atoms with E-state index < -0.39 is 21.9 Å². The first-order chi connectivity index (χ1) is 8.72. The number of aliphatic hydroxyl groups excluding tert-OH is 1. The third-order valence-electron chi connectivity index (χ3n) is 2.44. The maximum Gasteiger partial charge on any atom is 0.241 e. The highest BCUT2D eigenvalue weighted by Crippen LogP contribution is 2.22. The van der Waals surface area contributed by atoms with E-state index >= 15 is 0 Å². The normalized spacial score (nSPS) is 13.8. The minimum Gasteiger partial charge on any atom is -0.392 e. The van der Waals surface area contributed by atoms with Gasteiger partial charge in [0.05, 0.1) is 11.0 Å². The van der Waals surface area contributed by atoms with Crippen molar-refractivity contribution < 1.29 is 17.9 Å². The van der Waals surface area contributed by atoms with Crippen molar-refractivity contribution in [1.29, 1.82) is 0 Å². The van der Waals surface area contributed by atoms with E-state index in [0.717, 1.165) is 12.1 Å². The lowest BCUT2D eigenvalue weighted by Crippen LogP contribution is -2.33. The summed E-state index contributed by atoms with van der Waals surface area (Å²) >= 11 is 3.01. The Bertz CT molecular complexity index is 534. The van der Waals surface area contributed by atoms with Gasteiger partial charge in [-0.2, -0.15) is 0 Å². The van der Waals surface area contributed by atoms with Gasteiger partial charge in [-0.3, -0.25) is 0 Å². The van der Waals surface area contributed by atoms with E-state index in [1.807, 2.05) is 13.8 Å². The molecule has 108 valence electrons. The van der Waals surface area contributed by atoms with Crippen LogP contribution >= 0.6 is 15.9 Å². The van der Waals surface area contributed by atoms with Gasteiger partial charge in [0, 0.05) is 11.0 Å². The third-order valence-corrected chi connectivity index (χ3v) is 4.84. The van der Waals surface area contributed by atoms with Crippen molar-refractivity contribution in [2.45, 2.75) is 31.3 Å². The van der Waals surface area contributed by atoms with Crippen molar-refractivity contribution in [3.63, 3.8) is 0 Å². The van der Waals surface area contributed by atoms with Gasteiger partial charge < -0.3 is 5.11 Å². The second-order valence-electron chi connectivity index (χ2n) is 4.71. The molecule has 0 bridgehead atoms. The SMILES string of the molecule is CC(C)CC(O)CNS(=O)(=O)c1ccc(F)cc1Br. The van der Waals surface area contributed by atoms with Gasteiger partial charge in [0.1, 0.15) is 5.82 Å². The molecule has 0 aliphatic carbocycles. The standard InChI is InChI=1S/C12H17BrFNO3S/c1-8(2)5-10(16)7-15-19(17,18)12-4-3-9(14)6-11(12)13/h3-4,6,8,10,15-16H,5,7H2,1-2H3. The summed E-state index contributed by atoms with van der Waals surface area (Å²) in [5.41, 5.74) is 0. The zero-order valence-corrected chi connectivity index (χ0v) is 13.1. The number of halogens is 2. The van der Waals surface area contributed by atoms with Crippen LogP contribution in [-0.4, -0.2) is 26.2 Å². The molecule has 19 heavy (non-hydrogen) atoms. The minimum atomic E-state index is -3.76. The molecule has 1 atom stereocenters. The van der Waals surface area contributed by atoms with Crippen molar-refractivity contribution in [1.82, 2.24) is 4.72 Å². The Hall–Kier alpha value is -0.500. The maximum atomic E-state index is 12.9. The van der Waals surface area contributed by atoms with E-state index in [1.54, 1.807) is 0 Å². The molecule has 0 amide bonds. The Kier molecular flexibility index (Phi) is 5.91. The smallest absolute Gasteiger partial charge is 0.241 e. The molecule has 0 spiro atoms. The van der Waals surface area contributed by atoms with Gasteiger partial charge in [0.15, 0.2) is 0 Å². The number of benzene rings is 1. The van der Waals surface area contributed by atoms with Crippen LogP contribution in [-0.2, 0) is 10.0 Å². The summed E-state index contributed by atoms with van der Waals surface area (Å²) in [5, 5.41) is 9.64. The maximum absolute atomic E-state index is 12.9. The summed E-state index contributed by atoms with van der Waals surface area (Å²) in [4.78, 5) is -0.0503. The molecule has 0 fully saturated rings. The van der Waals surface area contributed by atoms with Crippen molar-refractivity contribution >= 4 is 26.0 Å². The molecule has 0 radical (unpaired) electrons. The van der Waals surface area contributed by atoms with Crippen molar-refractivity contribution in [3.05, 3.63) is 28.5 Å². The second kappa shape index (κ2) is 6.78. The van der Waals surface area contributed by atoms with Gasteiger partial charge in [-0.25, -0.2) is 17.5 Å². The van der Waals surface area contributed by atoms with Crippen molar-refractivity contribution in [2.24, 2.45) is 5.92 Å². The van der Waals surface area contributed by atoms with Gasteiger partial charge in [0.25, 0.3) is 0 Å². The molecule has 0 aliphatic heterocycles. The molecule has 1 aromatic rings. The van der Waals surface area contributed by atoms with Crippen LogP contribution in [0.3, 0.4) is 0 Å². The Morgan fingerprint density at radius 3 is 2.58 bits per heavy atom. The number of aliphatic hydroxyl groups is 1. The largest absolute Gasteiger partial charge is 0.392 e. The van der Waals surface area contributed by atoms with E-state index in [2.05, 4.69) is 20.7 Å². The summed E-state index contributed by atoms with van der Waals surface area (Å²) in [6.45, 7) is 3.81. The van der Waals surface area contributed by atoms with Gasteiger partial charge in [-0.1, -0.05) is 13.8 Å². The quantitative estimate of drug-likeness (QED) is 0.824. The zero-order valence-electron chi connectivity index (χ0n) is 10.7. The van der Waals surface area contributed by atoms with Crippen LogP contribution in [0, 0.1) is 11.7 Å². The molecule has 0 aromatic heterocycles. The van der Waals surface area contributed by atoms with Crippen LogP contribution in [0.15, 0.2) is 27.6 Å². The van der Waals surface area contributed by atoms with E-state index in [0.29, 0.717) is 6.42 Å². The summed E-state index contributed by atoms with van der Waals surface area (Å²) in [7, 11) is -3.76. The van der Waals surface area contributed by atoms with Crippen LogP contribution in [0.5, 0.6) is 0 Å². The number of rotatable bonds is 6. The highest BCUT2D eigenvalue weighted by Gasteiger charge is 2.19. The third kappa shape index (κ3) is 5.18. The first kappa shape index (κ1) is 16.6. The second-order valence-corrected chi connectivity index (χ2v) is 7.30. The first-order valence-electron chi connectivity index (χ1n) is 5.85. The predicted molar refractivity (Wildman–Crippen MR) is 74.8 cm³/mol. The number of nitrogens with one attached hydrogen (secondary N) is 1. The van der Waals surface area contributed by atoms with Gasteiger partial charge in [0.2, 0.25) is 10.0 Å². The fourth-order valence-corrected chi connectivity index (χ4v) is 3.72. The zero-order chi connectivity index (χ0) is 14.6. The Balaban J connectivity index is 2.76. The summed E-state index contributed by atoms with van der Waals surface area (Å²) in [6.07, 6.45) is -0.235. The Morgan fingerprint density at radius 2 is 2.05 bits per heavy atom. The predicted octanol–water partition coefficient (Wildman–Crippen LogP) is 2.27. The van der Waals surface area contributed by atoms with Gasteiger partial charge >= 0.3 is 0 Å². The van der Waals surface area contributed by atoms with E-state index in [9.17, 15) is 17.9 Å². The van der Waals surface area contributed by atoms with Crippen LogP contribution in [0.25, 0.3) is 0 Å². The molecule has 1 aromatic carbocycles. The van der Waals surface area contributed by atoms with Crippen LogP contribution < -0.4 is 4.72 Å². The number of hydrogen-bond donors (Lipinski definition) is 2. The van der Waals surface area contributed by atoms with E-state index in [-0.39, 0.29) is 21.8 Å². The van der Waals surface area contributed by atoms with Crippen molar-refractivity contribution in [2.75, 3.05) is 6.54 Å². The van der Waals surface area contributed by atoms with Crippen LogP contribution in [0.2, 0.25) is 0 Å². The minimum absolute atomic E-state index is 0.0503. The number of hydrogen-bond acceptors (Lipinski definition) is 3. The first-order valence-corrected chi connectivity index (χ1v) is 8.12. The number of sulfonamides is 1. The van der Waals surface area contributed by atoms with Crippen molar-refractivity contribution in [3.8, 4) is 0 Å². The average molecular weight is 354 g/mol. The lowest BCUT2D eigenvalue weighted by atomic mass is 10.1. The molecule has 2 N–H and O–H groups in total. The molecule has 0 aliphatic rings. The molecular formula is C12H17BrFNO3S. The van der Waals surface area contributed by atoms with E-state index in [1.165, 1.54) is 6.07 Å².